The summed E-state index contributed by atoms with van der Waals surface area (Å²) in [5.41, 5.74) is 2.52. The number of hydrogen-bond acceptors (Lipinski definition) is 5. The first-order valence-electron chi connectivity index (χ1n) is 8.50. The molecule has 0 spiro atoms. The normalized spacial score (nSPS) is 15.9. The summed E-state index contributed by atoms with van der Waals surface area (Å²) in [7, 11) is 3.24. The molecule has 6 nitrogen and oxygen atoms in total. The number of esters is 1. The largest absolute Gasteiger partial charge is 0.465 e. The number of ether oxygens (including phenoxy) is 1. The van der Waals surface area contributed by atoms with Crippen LogP contribution in [-0.2, 0) is 4.74 Å². The molecule has 6 heteroatoms. The number of para-hydroxylation sites is 1. The second kappa shape index (κ2) is 6.64. The molecule has 1 aromatic heterocycles. The Balaban J connectivity index is 1.71. The smallest absolute Gasteiger partial charge is 0.338 e. The maximum Gasteiger partial charge on any atom is 0.338 e. The maximum absolute atomic E-state index is 12.4. The summed E-state index contributed by atoms with van der Waals surface area (Å²) < 4.78 is 10.9. The number of furan rings is 1. The lowest BCUT2D eigenvalue weighted by atomic mass is 10.1. The number of carbonyl (C=O) groups excluding carboxylic acids is 2. The van der Waals surface area contributed by atoms with Gasteiger partial charge in [-0.15, -0.1) is 0 Å². The van der Waals surface area contributed by atoms with Crippen molar-refractivity contribution in [3.8, 4) is 11.3 Å². The zero-order valence-corrected chi connectivity index (χ0v) is 14.9. The van der Waals surface area contributed by atoms with E-state index in [0.29, 0.717) is 28.2 Å². The molecule has 0 unspecified atom stereocenters. The predicted molar refractivity (Wildman–Crippen MR) is 101 cm³/mol. The summed E-state index contributed by atoms with van der Waals surface area (Å²) in [6.45, 7) is 0. The van der Waals surface area contributed by atoms with E-state index >= 15 is 0 Å². The van der Waals surface area contributed by atoms with Gasteiger partial charge in [0.15, 0.2) is 6.17 Å². The molecule has 2 heterocycles. The van der Waals surface area contributed by atoms with E-state index < -0.39 is 12.1 Å². The monoisotopic (exact) mass is 362 g/mol. The summed E-state index contributed by atoms with van der Waals surface area (Å²) in [5, 5.41) is 2.95. The second-order valence-electron chi connectivity index (χ2n) is 6.24. The Morgan fingerprint density at radius 1 is 1.04 bits per heavy atom. The molecule has 1 amide bonds. The van der Waals surface area contributed by atoms with Gasteiger partial charge < -0.3 is 19.4 Å². The molecular weight excluding hydrogens is 344 g/mol. The summed E-state index contributed by atoms with van der Waals surface area (Å²) >= 11 is 0. The van der Waals surface area contributed by atoms with Crippen molar-refractivity contribution in [1.29, 1.82) is 0 Å². The highest BCUT2D eigenvalue weighted by Crippen LogP contribution is 2.34. The molecule has 0 saturated heterocycles. The van der Waals surface area contributed by atoms with Crippen LogP contribution in [-0.4, -0.2) is 26.0 Å². The maximum atomic E-state index is 12.4. The van der Waals surface area contributed by atoms with Gasteiger partial charge in [0.2, 0.25) is 0 Å². The van der Waals surface area contributed by atoms with E-state index in [4.69, 9.17) is 9.15 Å². The first-order valence-corrected chi connectivity index (χ1v) is 8.50. The molecule has 1 aliphatic rings. The Labute approximate surface area is 156 Å². The van der Waals surface area contributed by atoms with Gasteiger partial charge in [0.1, 0.15) is 11.5 Å². The van der Waals surface area contributed by atoms with Crippen LogP contribution in [0.25, 0.3) is 11.3 Å². The minimum absolute atomic E-state index is 0.151. The van der Waals surface area contributed by atoms with Crippen LogP contribution in [0.2, 0.25) is 0 Å². The third kappa shape index (κ3) is 2.85. The SMILES string of the molecule is COC(=O)c1ccccc1-c1ccc([C@H]2NC(=O)c3ccccc3N2C)o1. The van der Waals surface area contributed by atoms with E-state index in [9.17, 15) is 9.59 Å². The highest BCUT2D eigenvalue weighted by atomic mass is 16.5. The fraction of sp³-hybridized carbons (Fsp3) is 0.143. The van der Waals surface area contributed by atoms with Crippen molar-refractivity contribution in [2.45, 2.75) is 6.17 Å². The molecule has 1 aliphatic heterocycles. The van der Waals surface area contributed by atoms with E-state index in [0.717, 1.165) is 5.69 Å². The van der Waals surface area contributed by atoms with Crippen molar-refractivity contribution >= 4 is 17.6 Å². The highest BCUT2D eigenvalue weighted by Gasteiger charge is 2.31. The number of amides is 1. The first-order chi connectivity index (χ1) is 13.1. The number of carbonyl (C=O) groups is 2. The Hall–Kier alpha value is -3.54. The summed E-state index contributed by atoms with van der Waals surface area (Å²) in [6.07, 6.45) is -0.438. The highest BCUT2D eigenvalue weighted by molar-refractivity contribution is 6.02. The van der Waals surface area contributed by atoms with Crippen molar-refractivity contribution < 1.29 is 18.7 Å². The number of anilines is 1. The molecule has 1 N–H and O–H groups in total. The van der Waals surface area contributed by atoms with Crippen molar-refractivity contribution in [2.24, 2.45) is 0 Å². The van der Waals surface area contributed by atoms with Crippen LogP contribution in [0.1, 0.15) is 32.6 Å². The molecular formula is C21H18N2O4. The average Bonchev–Trinajstić information content (AvgIpc) is 3.20. The molecule has 0 bridgehead atoms. The summed E-state index contributed by atoms with van der Waals surface area (Å²) in [5.74, 6) is 0.532. The van der Waals surface area contributed by atoms with Crippen LogP contribution in [0.15, 0.2) is 65.1 Å². The second-order valence-corrected chi connectivity index (χ2v) is 6.24. The Morgan fingerprint density at radius 3 is 2.52 bits per heavy atom. The van der Waals surface area contributed by atoms with Crippen LogP contribution in [0.3, 0.4) is 0 Å². The molecule has 0 fully saturated rings. The van der Waals surface area contributed by atoms with Gasteiger partial charge in [-0.1, -0.05) is 30.3 Å². The number of methoxy groups -OCH3 is 1. The quantitative estimate of drug-likeness (QED) is 0.721. The minimum Gasteiger partial charge on any atom is -0.465 e. The Kier molecular flexibility index (Phi) is 4.16. The molecule has 0 aliphatic carbocycles. The molecule has 1 atom stereocenters. The van der Waals surface area contributed by atoms with Crippen LogP contribution in [0.5, 0.6) is 0 Å². The zero-order chi connectivity index (χ0) is 19.0. The number of hydrogen-bond donors (Lipinski definition) is 1. The summed E-state index contributed by atoms with van der Waals surface area (Å²) in [4.78, 5) is 26.4. The van der Waals surface area contributed by atoms with E-state index in [1.165, 1.54) is 7.11 Å². The molecule has 3 aromatic rings. The van der Waals surface area contributed by atoms with Crippen molar-refractivity contribution in [1.82, 2.24) is 5.32 Å². The lowest BCUT2D eigenvalue weighted by molar-refractivity contribution is 0.0601. The number of fused-ring (bicyclic) bond motifs is 1. The van der Waals surface area contributed by atoms with Gasteiger partial charge in [-0.3, -0.25) is 4.79 Å². The van der Waals surface area contributed by atoms with E-state index in [1.54, 1.807) is 36.4 Å². The van der Waals surface area contributed by atoms with Crippen LogP contribution < -0.4 is 10.2 Å². The molecule has 0 saturated carbocycles. The van der Waals surface area contributed by atoms with Gasteiger partial charge in [-0.25, -0.2) is 4.79 Å². The lowest BCUT2D eigenvalue weighted by Gasteiger charge is -2.34. The Bertz CT molecular complexity index is 1020. The van der Waals surface area contributed by atoms with Crippen molar-refractivity contribution in [3.05, 3.63) is 77.6 Å². The van der Waals surface area contributed by atoms with Gasteiger partial charge in [-0.2, -0.15) is 0 Å². The van der Waals surface area contributed by atoms with Gasteiger partial charge >= 0.3 is 5.97 Å². The topological polar surface area (TPSA) is 71.8 Å². The van der Waals surface area contributed by atoms with Crippen LogP contribution in [0, 0.1) is 0 Å². The molecule has 4 rings (SSSR count). The first kappa shape index (κ1) is 16.9. The standard InChI is InChI=1S/C21H18N2O4/c1-23-16-10-6-5-9-15(16)20(24)22-19(23)18-12-11-17(27-18)13-7-3-4-8-14(13)21(25)26-2/h3-12,19H,1-2H3,(H,22,24)/t19-/m0/s1. The fourth-order valence-corrected chi connectivity index (χ4v) is 3.30. The van der Waals surface area contributed by atoms with Gasteiger partial charge in [0.05, 0.1) is 23.9 Å². The van der Waals surface area contributed by atoms with Gasteiger partial charge in [0.25, 0.3) is 5.91 Å². The number of nitrogens with one attached hydrogen (secondary N) is 1. The third-order valence-corrected chi connectivity index (χ3v) is 4.68. The number of nitrogens with zero attached hydrogens (tertiary/aromatic N) is 1. The third-order valence-electron chi connectivity index (χ3n) is 4.68. The summed E-state index contributed by atoms with van der Waals surface area (Å²) in [6, 6.07) is 18.1. The van der Waals surface area contributed by atoms with Gasteiger partial charge in [0, 0.05) is 12.6 Å². The molecule has 27 heavy (non-hydrogen) atoms. The van der Waals surface area contributed by atoms with E-state index in [2.05, 4.69) is 5.32 Å². The van der Waals surface area contributed by atoms with E-state index in [1.807, 2.05) is 36.2 Å². The van der Waals surface area contributed by atoms with E-state index in [-0.39, 0.29) is 5.91 Å². The number of benzene rings is 2. The van der Waals surface area contributed by atoms with Crippen molar-refractivity contribution in [2.75, 3.05) is 19.1 Å². The fourth-order valence-electron chi connectivity index (χ4n) is 3.30. The van der Waals surface area contributed by atoms with Gasteiger partial charge in [-0.05, 0) is 30.3 Å². The Morgan fingerprint density at radius 2 is 1.74 bits per heavy atom. The molecule has 2 aromatic carbocycles. The lowest BCUT2D eigenvalue weighted by Crippen LogP contribution is -2.44. The number of rotatable bonds is 3. The molecule has 136 valence electrons. The van der Waals surface area contributed by atoms with Crippen LogP contribution in [0.4, 0.5) is 5.69 Å². The predicted octanol–water partition coefficient (Wildman–Crippen LogP) is 3.61. The van der Waals surface area contributed by atoms with Crippen LogP contribution >= 0.6 is 0 Å². The minimum atomic E-state index is -0.438. The molecule has 0 radical (unpaired) electrons. The zero-order valence-electron chi connectivity index (χ0n) is 14.9. The van der Waals surface area contributed by atoms with Crippen molar-refractivity contribution in [3.63, 3.8) is 0 Å². The average molecular weight is 362 g/mol.